The molecule has 3 heteroatoms. The smallest absolute Gasteiger partial charge is 0.0254 e. The van der Waals surface area contributed by atoms with Crippen molar-refractivity contribution in [1.29, 1.82) is 0 Å². The molecule has 0 aromatic carbocycles. The minimum absolute atomic E-state index is 0.501. The van der Waals surface area contributed by atoms with Crippen LogP contribution in [-0.2, 0) is 0 Å². The highest BCUT2D eigenvalue weighted by molar-refractivity contribution is 4.99. The highest BCUT2D eigenvalue weighted by Crippen LogP contribution is 2.45. The van der Waals surface area contributed by atoms with Crippen molar-refractivity contribution in [2.24, 2.45) is 17.1 Å². The maximum Gasteiger partial charge on any atom is 0.0254 e. The Morgan fingerprint density at radius 2 is 2.00 bits per heavy atom. The number of likely N-dealkylation sites (tertiary alicyclic amines) is 1. The third kappa shape index (κ3) is 2.35. The summed E-state index contributed by atoms with van der Waals surface area (Å²) in [5.74, 6) is 0.800. The molecule has 0 aromatic rings. The van der Waals surface area contributed by atoms with Crippen molar-refractivity contribution in [1.82, 2.24) is 9.80 Å². The monoisotopic (exact) mass is 211 g/mol. The van der Waals surface area contributed by atoms with Crippen molar-refractivity contribution in [2.75, 3.05) is 40.3 Å². The standard InChI is InChI=1S/C12H25N3/c1-10-6-15(7-11(10)14(2)3)9-12(8-13)4-5-12/h10-11H,4-9,13H2,1-3H3. The molecule has 0 radical (unpaired) electrons. The topological polar surface area (TPSA) is 32.5 Å². The molecule has 0 spiro atoms. The lowest BCUT2D eigenvalue weighted by Crippen LogP contribution is -2.36. The Morgan fingerprint density at radius 3 is 2.40 bits per heavy atom. The Hall–Kier alpha value is -0.120. The van der Waals surface area contributed by atoms with Crippen LogP contribution in [0.2, 0.25) is 0 Å². The van der Waals surface area contributed by atoms with Crippen molar-refractivity contribution in [2.45, 2.75) is 25.8 Å². The van der Waals surface area contributed by atoms with E-state index < -0.39 is 0 Å². The molecular weight excluding hydrogens is 186 g/mol. The summed E-state index contributed by atoms with van der Waals surface area (Å²) < 4.78 is 0. The molecule has 2 fully saturated rings. The molecule has 1 heterocycles. The molecule has 2 atom stereocenters. The predicted molar refractivity (Wildman–Crippen MR) is 63.8 cm³/mol. The summed E-state index contributed by atoms with van der Waals surface area (Å²) >= 11 is 0. The lowest BCUT2D eigenvalue weighted by Gasteiger charge is -2.24. The maximum absolute atomic E-state index is 5.84. The van der Waals surface area contributed by atoms with Gasteiger partial charge in [0.2, 0.25) is 0 Å². The molecule has 2 unspecified atom stereocenters. The van der Waals surface area contributed by atoms with Crippen LogP contribution in [0.4, 0.5) is 0 Å². The Kier molecular flexibility index (Phi) is 3.06. The minimum Gasteiger partial charge on any atom is -0.330 e. The van der Waals surface area contributed by atoms with E-state index in [9.17, 15) is 0 Å². The number of nitrogens with two attached hydrogens (primary N) is 1. The van der Waals surface area contributed by atoms with Gasteiger partial charge in [-0.3, -0.25) is 0 Å². The zero-order valence-corrected chi connectivity index (χ0v) is 10.4. The van der Waals surface area contributed by atoms with Crippen molar-refractivity contribution >= 4 is 0 Å². The largest absolute Gasteiger partial charge is 0.330 e. The van der Waals surface area contributed by atoms with E-state index in [0.29, 0.717) is 5.41 Å². The number of nitrogens with zero attached hydrogens (tertiary/aromatic N) is 2. The summed E-state index contributed by atoms with van der Waals surface area (Å²) in [7, 11) is 4.39. The number of rotatable bonds is 4. The van der Waals surface area contributed by atoms with Gasteiger partial charge in [-0.05, 0) is 44.8 Å². The highest BCUT2D eigenvalue weighted by Gasteiger charge is 2.44. The van der Waals surface area contributed by atoms with Gasteiger partial charge in [0.15, 0.2) is 0 Å². The van der Waals surface area contributed by atoms with E-state index in [1.165, 1.54) is 32.5 Å². The summed E-state index contributed by atoms with van der Waals surface area (Å²) in [6, 6.07) is 0.735. The lowest BCUT2D eigenvalue weighted by atomic mass is 10.1. The van der Waals surface area contributed by atoms with E-state index in [0.717, 1.165) is 18.5 Å². The molecule has 15 heavy (non-hydrogen) atoms. The van der Waals surface area contributed by atoms with Gasteiger partial charge in [-0.2, -0.15) is 0 Å². The first-order valence-corrected chi connectivity index (χ1v) is 6.15. The number of hydrogen-bond acceptors (Lipinski definition) is 3. The first-order chi connectivity index (χ1) is 7.06. The van der Waals surface area contributed by atoms with Crippen LogP contribution in [0.15, 0.2) is 0 Å². The van der Waals surface area contributed by atoms with Crippen molar-refractivity contribution in [3.05, 3.63) is 0 Å². The van der Waals surface area contributed by atoms with E-state index in [4.69, 9.17) is 5.73 Å². The van der Waals surface area contributed by atoms with Crippen molar-refractivity contribution in [3.8, 4) is 0 Å². The lowest BCUT2D eigenvalue weighted by molar-refractivity contribution is 0.232. The Morgan fingerprint density at radius 1 is 1.33 bits per heavy atom. The SMILES string of the molecule is CC1CN(CC2(CN)CC2)CC1N(C)C. The summed E-state index contributed by atoms with van der Waals surface area (Å²) in [6.07, 6.45) is 2.70. The molecule has 88 valence electrons. The van der Waals surface area contributed by atoms with Crippen LogP contribution in [0, 0.1) is 11.3 Å². The van der Waals surface area contributed by atoms with Crippen LogP contribution in [0.25, 0.3) is 0 Å². The van der Waals surface area contributed by atoms with Crippen LogP contribution in [0.3, 0.4) is 0 Å². The zero-order valence-electron chi connectivity index (χ0n) is 10.4. The van der Waals surface area contributed by atoms with Gasteiger partial charge in [-0.1, -0.05) is 6.92 Å². The first-order valence-electron chi connectivity index (χ1n) is 6.15. The third-order valence-electron chi connectivity index (χ3n) is 4.26. The highest BCUT2D eigenvalue weighted by atomic mass is 15.2. The first kappa shape index (κ1) is 11.4. The summed E-state index contributed by atoms with van der Waals surface area (Å²) in [4.78, 5) is 4.99. The second-order valence-electron chi connectivity index (χ2n) is 5.91. The fourth-order valence-corrected chi connectivity index (χ4v) is 2.93. The van der Waals surface area contributed by atoms with Crippen LogP contribution < -0.4 is 5.73 Å². The predicted octanol–water partition coefficient (Wildman–Crippen LogP) is 0.607. The van der Waals surface area contributed by atoms with Gasteiger partial charge in [0.25, 0.3) is 0 Å². The molecule has 0 bridgehead atoms. The van der Waals surface area contributed by atoms with Gasteiger partial charge in [0.1, 0.15) is 0 Å². The van der Waals surface area contributed by atoms with Crippen LogP contribution >= 0.6 is 0 Å². The summed E-state index contributed by atoms with van der Waals surface area (Å²) in [5, 5.41) is 0. The van der Waals surface area contributed by atoms with Crippen LogP contribution in [0.1, 0.15) is 19.8 Å². The van der Waals surface area contributed by atoms with Gasteiger partial charge in [-0.25, -0.2) is 0 Å². The molecule has 1 aliphatic carbocycles. The molecule has 2 rings (SSSR count). The van der Waals surface area contributed by atoms with Gasteiger partial charge >= 0.3 is 0 Å². The molecule has 2 N–H and O–H groups in total. The average Bonchev–Trinajstić information content (AvgIpc) is 2.84. The van der Waals surface area contributed by atoms with E-state index in [1.54, 1.807) is 0 Å². The molecule has 0 amide bonds. The Balaban J connectivity index is 1.86. The summed E-state index contributed by atoms with van der Waals surface area (Å²) in [6.45, 7) is 6.97. The maximum atomic E-state index is 5.84. The van der Waals surface area contributed by atoms with E-state index in [1.807, 2.05) is 0 Å². The summed E-state index contributed by atoms with van der Waals surface area (Å²) in [5.41, 5.74) is 6.34. The molecule has 2 aliphatic rings. The normalized spacial score (nSPS) is 35.0. The molecule has 1 saturated heterocycles. The van der Waals surface area contributed by atoms with Crippen LogP contribution in [0.5, 0.6) is 0 Å². The minimum atomic E-state index is 0.501. The average molecular weight is 211 g/mol. The van der Waals surface area contributed by atoms with Gasteiger partial charge in [0.05, 0.1) is 0 Å². The van der Waals surface area contributed by atoms with Gasteiger partial charge in [-0.15, -0.1) is 0 Å². The zero-order chi connectivity index (χ0) is 11.1. The van der Waals surface area contributed by atoms with E-state index in [-0.39, 0.29) is 0 Å². The molecule has 0 aromatic heterocycles. The molecule has 3 nitrogen and oxygen atoms in total. The molecule has 1 saturated carbocycles. The number of hydrogen-bond donors (Lipinski definition) is 1. The Bertz CT molecular complexity index is 223. The van der Waals surface area contributed by atoms with Crippen molar-refractivity contribution < 1.29 is 0 Å². The van der Waals surface area contributed by atoms with E-state index in [2.05, 4.69) is 30.8 Å². The quantitative estimate of drug-likeness (QED) is 0.739. The van der Waals surface area contributed by atoms with Gasteiger partial charge in [0, 0.05) is 25.7 Å². The van der Waals surface area contributed by atoms with Crippen LogP contribution in [-0.4, -0.2) is 56.1 Å². The second-order valence-corrected chi connectivity index (χ2v) is 5.91. The molecular formula is C12H25N3. The second kappa shape index (κ2) is 4.04. The third-order valence-corrected chi connectivity index (χ3v) is 4.26. The molecule has 1 aliphatic heterocycles. The Labute approximate surface area is 93.6 Å². The van der Waals surface area contributed by atoms with E-state index >= 15 is 0 Å². The number of likely N-dealkylation sites (N-methyl/N-ethyl adjacent to an activating group) is 1. The fourth-order valence-electron chi connectivity index (χ4n) is 2.93. The fraction of sp³-hybridized carbons (Fsp3) is 1.00. The van der Waals surface area contributed by atoms with Gasteiger partial charge < -0.3 is 15.5 Å². The van der Waals surface area contributed by atoms with Crippen molar-refractivity contribution in [3.63, 3.8) is 0 Å².